The molecule has 0 saturated heterocycles. The number of alkyl halides is 3. The van der Waals surface area contributed by atoms with Crippen molar-refractivity contribution in [3.05, 3.63) is 48.5 Å². The van der Waals surface area contributed by atoms with Crippen LogP contribution >= 0.6 is 24.8 Å². The molecule has 0 atom stereocenters. The van der Waals surface area contributed by atoms with E-state index in [0.29, 0.717) is 11.3 Å². The second kappa shape index (κ2) is 8.73. The fourth-order valence-electron chi connectivity index (χ4n) is 1.84. The van der Waals surface area contributed by atoms with Gasteiger partial charge in [-0.05, 0) is 23.8 Å². The van der Waals surface area contributed by atoms with Gasteiger partial charge in [0.05, 0.1) is 6.67 Å². The molecule has 2 aromatic rings. The summed E-state index contributed by atoms with van der Waals surface area (Å²) < 4.78 is 40.7. The van der Waals surface area contributed by atoms with Gasteiger partial charge in [-0.15, -0.1) is 38.0 Å². The van der Waals surface area contributed by atoms with Crippen LogP contribution in [0.2, 0.25) is 0 Å². The summed E-state index contributed by atoms with van der Waals surface area (Å²) in [4.78, 5) is 0. The first-order valence-electron chi connectivity index (χ1n) is 5.89. The molecule has 0 unspecified atom stereocenters. The van der Waals surface area contributed by atoms with Crippen molar-refractivity contribution in [3.63, 3.8) is 0 Å². The monoisotopic (exact) mass is 354 g/mol. The molecule has 0 heterocycles. The van der Waals surface area contributed by atoms with E-state index < -0.39 is 6.36 Å². The van der Waals surface area contributed by atoms with Crippen molar-refractivity contribution in [2.45, 2.75) is 6.36 Å². The van der Waals surface area contributed by atoms with Crippen LogP contribution in [0, 0.1) is 0 Å². The Morgan fingerprint density at radius 3 is 2.18 bits per heavy atom. The highest BCUT2D eigenvalue weighted by Crippen LogP contribution is 2.33. The van der Waals surface area contributed by atoms with Gasteiger partial charge in [-0.3, -0.25) is 0 Å². The molecule has 0 aliphatic heterocycles. The van der Waals surface area contributed by atoms with Crippen LogP contribution in [0.3, 0.4) is 0 Å². The molecule has 3 nitrogen and oxygen atoms in total. The molecule has 0 saturated carbocycles. The maximum atomic E-state index is 12.3. The Kier molecular flexibility index (Phi) is 8.08. The number of anilines is 1. The number of ether oxygens (including phenoxy) is 1. The Bertz CT molecular complexity index is 580. The summed E-state index contributed by atoms with van der Waals surface area (Å²) in [6, 6.07) is 13.1. The molecule has 0 radical (unpaired) electrons. The van der Waals surface area contributed by atoms with E-state index in [9.17, 15) is 13.2 Å². The van der Waals surface area contributed by atoms with Crippen molar-refractivity contribution in [2.24, 2.45) is 5.73 Å². The second-order valence-electron chi connectivity index (χ2n) is 4.00. The van der Waals surface area contributed by atoms with Gasteiger partial charge in [0.25, 0.3) is 0 Å². The molecule has 0 bridgehead atoms. The van der Waals surface area contributed by atoms with E-state index in [0.717, 1.165) is 5.56 Å². The third kappa shape index (κ3) is 5.63. The molecule has 2 rings (SSSR count). The first-order valence-corrected chi connectivity index (χ1v) is 5.89. The van der Waals surface area contributed by atoms with E-state index in [2.05, 4.69) is 10.1 Å². The lowest BCUT2D eigenvalue weighted by Gasteiger charge is -2.14. The van der Waals surface area contributed by atoms with Gasteiger partial charge < -0.3 is 15.8 Å². The standard InChI is InChI=1S/C14H13F3N2O.2ClH/c15-14(16,17)20-11-6-7-13(19-9-18)12(8-11)10-4-2-1-3-5-10;;/h1-8,19H,9,18H2;2*1H. The third-order valence-electron chi connectivity index (χ3n) is 2.60. The zero-order valence-corrected chi connectivity index (χ0v) is 12.9. The highest BCUT2D eigenvalue weighted by molar-refractivity contribution is 5.85. The van der Waals surface area contributed by atoms with Gasteiger partial charge in [-0.25, -0.2) is 0 Å². The number of hydrogen-bond donors (Lipinski definition) is 2. The second-order valence-corrected chi connectivity index (χ2v) is 4.00. The number of nitrogens with two attached hydrogens (primary N) is 1. The SMILES string of the molecule is Cl.Cl.NCNc1ccc(OC(F)(F)F)cc1-c1ccccc1. The van der Waals surface area contributed by atoms with Crippen LogP contribution in [-0.2, 0) is 0 Å². The van der Waals surface area contributed by atoms with Crippen LogP contribution in [0.15, 0.2) is 48.5 Å². The van der Waals surface area contributed by atoms with Crippen LogP contribution in [0.25, 0.3) is 11.1 Å². The Labute approximate surface area is 138 Å². The molecule has 2 aromatic carbocycles. The van der Waals surface area contributed by atoms with E-state index in [-0.39, 0.29) is 37.2 Å². The van der Waals surface area contributed by atoms with Crippen molar-refractivity contribution >= 4 is 30.5 Å². The van der Waals surface area contributed by atoms with Gasteiger partial charge in [-0.1, -0.05) is 30.3 Å². The molecule has 0 aromatic heterocycles. The van der Waals surface area contributed by atoms with Crippen molar-refractivity contribution in [1.82, 2.24) is 0 Å². The Balaban J connectivity index is 0.00000220. The Hall–Kier alpha value is -1.63. The summed E-state index contributed by atoms with van der Waals surface area (Å²) in [5.74, 6) is -0.265. The number of nitrogens with one attached hydrogen (secondary N) is 1. The normalized spacial score (nSPS) is 10.2. The summed E-state index contributed by atoms with van der Waals surface area (Å²) in [5, 5.41) is 2.91. The molecule has 0 aliphatic carbocycles. The van der Waals surface area contributed by atoms with Gasteiger partial charge >= 0.3 is 6.36 Å². The van der Waals surface area contributed by atoms with Gasteiger partial charge in [0.1, 0.15) is 5.75 Å². The molecule has 0 amide bonds. The van der Waals surface area contributed by atoms with E-state index in [4.69, 9.17) is 5.73 Å². The van der Waals surface area contributed by atoms with Crippen LogP contribution < -0.4 is 15.8 Å². The molecule has 122 valence electrons. The van der Waals surface area contributed by atoms with Crippen molar-refractivity contribution < 1.29 is 17.9 Å². The van der Waals surface area contributed by atoms with Gasteiger partial charge in [0, 0.05) is 11.3 Å². The first-order chi connectivity index (χ1) is 9.49. The average Bonchev–Trinajstić information content (AvgIpc) is 2.40. The lowest BCUT2D eigenvalue weighted by Crippen LogP contribution is -2.17. The molecule has 0 aliphatic rings. The lowest BCUT2D eigenvalue weighted by atomic mass is 10.0. The predicted molar refractivity (Wildman–Crippen MR) is 85.7 cm³/mol. The van der Waals surface area contributed by atoms with E-state index in [1.165, 1.54) is 18.2 Å². The first kappa shape index (κ1) is 20.4. The molecular weight excluding hydrogens is 340 g/mol. The molecular formula is C14H15Cl2F3N2O. The summed E-state index contributed by atoms with van der Waals surface area (Å²) in [6.07, 6.45) is -4.71. The van der Waals surface area contributed by atoms with E-state index >= 15 is 0 Å². The molecule has 22 heavy (non-hydrogen) atoms. The number of hydrogen-bond acceptors (Lipinski definition) is 3. The lowest BCUT2D eigenvalue weighted by molar-refractivity contribution is -0.274. The number of benzene rings is 2. The molecule has 8 heteroatoms. The van der Waals surface area contributed by atoms with E-state index in [1.54, 1.807) is 24.3 Å². The maximum absolute atomic E-state index is 12.3. The maximum Gasteiger partial charge on any atom is 0.573 e. The minimum atomic E-state index is -4.71. The quantitative estimate of drug-likeness (QED) is 0.798. The largest absolute Gasteiger partial charge is 0.573 e. The van der Waals surface area contributed by atoms with Crippen molar-refractivity contribution in [1.29, 1.82) is 0 Å². The highest BCUT2D eigenvalue weighted by atomic mass is 35.5. The minimum Gasteiger partial charge on any atom is -0.406 e. The minimum absolute atomic E-state index is 0. The van der Waals surface area contributed by atoms with Crippen LogP contribution in [-0.4, -0.2) is 13.0 Å². The van der Waals surface area contributed by atoms with Gasteiger partial charge in [0.15, 0.2) is 0 Å². The van der Waals surface area contributed by atoms with E-state index in [1.807, 2.05) is 6.07 Å². The Morgan fingerprint density at radius 2 is 1.64 bits per heavy atom. The highest BCUT2D eigenvalue weighted by Gasteiger charge is 2.31. The molecule has 0 spiro atoms. The van der Waals surface area contributed by atoms with Crippen molar-refractivity contribution in [2.75, 3.05) is 12.0 Å². The van der Waals surface area contributed by atoms with Gasteiger partial charge in [-0.2, -0.15) is 0 Å². The van der Waals surface area contributed by atoms with Crippen LogP contribution in [0.4, 0.5) is 18.9 Å². The fraction of sp³-hybridized carbons (Fsp3) is 0.143. The summed E-state index contributed by atoms with van der Waals surface area (Å²) in [6.45, 7) is 0.180. The average molecular weight is 355 g/mol. The summed E-state index contributed by atoms with van der Waals surface area (Å²) in [5.41, 5.74) is 7.44. The zero-order valence-electron chi connectivity index (χ0n) is 11.3. The van der Waals surface area contributed by atoms with Crippen molar-refractivity contribution in [3.8, 4) is 16.9 Å². The number of rotatable bonds is 4. The molecule has 0 fully saturated rings. The predicted octanol–water partition coefficient (Wildman–Crippen LogP) is 4.42. The van der Waals surface area contributed by atoms with Gasteiger partial charge in [0.2, 0.25) is 0 Å². The fourth-order valence-corrected chi connectivity index (χ4v) is 1.84. The number of halogens is 5. The molecule has 3 N–H and O–H groups in total. The summed E-state index contributed by atoms with van der Waals surface area (Å²) in [7, 11) is 0. The summed E-state index contributed by atoms with van der Waals surface area (Å²) >= 11 is 0. The van der Waals surface area contributed by atoms with Crippen LogP contribution in [0.5, 0.6) is 5.75 Å². The third-order valence-corrected chi connectivity index (χ3v) is 2.60. The smallest absolute Gasteiger partial charge is 0.406 e. The topological polar surface area (TPSA) is 47.3 Å². The Morgan fingerprint density at radius 1 is 1.00 bits per heavy atom. The van der Waals surface area contributed by atoms with Crippen LogP contribution in [0.1, 0.15) is 0 Å². The zero-order chi connectivity index (χ0) is 14.6.